The molecule has 0 saturated carbocycles. The third-order valence-electron chi connectivity index (χ3n) is 2.04. The van der Waals surface area contributed by atoms with Gasteiger partial charge in [-0.15, -0.1) is 11.3 Å². The molecule has 1 aromatic carbocycles. The van der Waals surface area contributed by atoms with Crippen molar-refractivity contribution in [3.05, 3.63) is 58.0 Å². The molecule has 1 N–H and O–H groups in total. The van der Waals surface area contributed by atoms with Crippen LogP contribution in [0.1, 0.15) is 16.5 Å². The zero-order valence-corrected chi connectivity index (χ0v) is 9.17. The first-order valence-corrected chi connectivity index (χ1v) is 5.62. The van der Waals surface area contributed by atoms with Crippen molar-refractivity contribution < 1.29 is 9.50 Å². The first-order chi connectivity index (χ1) is 7.75. The van der Waals surface area contributed by atoms with E-state index >= 15 is 0 Å². The van der Waals surface area contributed by atoms with Gasteiger partial charge in [-0.25, -0.2) is 4.39 Å². The molecule has 0 aliphatic rings. The molecule has 2 rings (SSSR count). The molecule has 16 heavy (non-hydrogen) atoms. The van der Waals surface area contributed by atoms with Crippen molar-refractivity contribution in [2.24, 2.45) is 0 Å². The van der Waals surface area contributed by atoms with Crippen LogP contribution in [-0.4, -0.2) is 5.11 Å². The summed E-state index contributed by atoms with van der Waals surface area (Å²) in [5.41, 5.74) is 0.602. The van der Waals surface area contributed by atoms with E-state index in [1.807, 2.05) is 17.5 Å². The molecular weight excluding hydrogens is 223 g/mol. The van der Waals surface area contributed by atoms with Crippen molar-refractivity contribution in [3.8, 4) is 11.8 Å². The number of hydrogen-bond acceptors (Lipinski definition) is 2. The predicted octanol–water partition coefficient (Wildman–Crippen LogP) is 2.97. The van der Waals surface area contributed by atoms with Gasteiger partial charge in [0.15, 0.2) is 0 Å². The highest BCUT2D eigenvalue weighted by Crippen LogP contribution is 2.13. The number of rotatable bonds is 1. The second kappa shape index (κ2) is 4.93. The number of aliphatic hydroxyl groups is 1. The minimum Gasteiger partial charge on any atom is -0.376 e. The molecule has 1 atom stereocenters. The minimum absolute atomic E-state index is 0.317. The Balaban J connectivity index is 2.14. The van der Waals surface area contributed by atoms with Gasteiger partial charge < -0.3 is 5.11 Å². The van der Waals surface area contributed by atoms with Crippen molar-refractivity contribution in [1.82, 2.24) is 0 Å². The second-order valence-electron chi connectivity index (χ2n) is 3.20. The van der Waals surface area contributed by atoms with Gasteiger partial charge in [0.2, 0.25) is 0 Å². The molecular formula is C13H9FOS. The second-order valence-corrected chi connectivity index (χ2v) is 4.15. The Labute approximate surface area is 97.2 Å². The van der Waals surface area contributed by atoms with Crippen LogP contribution in [0.5, 0.6) is 0 Å². The lowest BCUT2D eigenvalue weighted by Crippen LogP contribution is -1.93. The SMILES string of the molecule is OC(C#Cc1cccs1)c1ccc(F)cc1. The van der Waals surface area contributed by atoms with E-state index in [1.165, 1.54) is 35.6 Å². The Bertz CT molecular complexity index is 505. The number of halogens is 1. The van der Waals surface area contributed by atoms with Crippen molar-refractivity contribution >= 4 is 11.3 Å². The molecule has 0 radical (unpaired) electrons. The van der Waals surface area contributed by atoms with E-state index in [0.717, 1.165) is 4.88 Å². The van der Waals surface area contributed by atoms with E-state index in [0.29, 0.717) is 5.56 Å². The molecule has 0 amide bonds. The standard InChI is InChI=1S/C13H9FOS/c14-11-5-3-10(4-6-11)13(15)8-7-12-2-1-9-16-12/h1-6,9,13,15H. The van der Waals surface area contributed by atoms with Gasteiger partial charge in [-0.1, -0.05) is 30.0 Å². The topological polar surface area (TPSA) is 20.2 Å². The van der Waals surface area contributed by atoms with Crippen LogP contribution in [0.2, 0.25) is 0 Å². The number of aliphatic hydroxyl groups excluding tert-OH is 1. The highest BCUT2D eigenvalue weighted by molar-refractivity contribution is 7.10. The Hall–Kier alpha value is -1.63. The summed E-state index contributed by atoms with van der Waals surface area (Å²) in [4.78, 5) is 0.904. The van der Waals surface area contributed by atoms with Crippen LogP contribution >= 0.6 is 11.3 Å². The average molecular weight is 232 g/mol. The van der Waals surface area contributed by atoms with Crippen LogP contribution in [0.4, 0.5) is 4.39 Å². The molecule has 0 fully saturated rings. The minimum atomic E-state index is -0.873. The summed E-state index contributed by atoms with van der Waals surface area (Å²) in [6.07, 6.45) is -0.873. The fourth-order valence-electron chi connectivity index (χ4n) is 1.22. The summed E-state index contributed by atoms with van der Waals surface area (Å²) in [5, 5.41) is 11.6. The molecule has 0 aliphatic heterocycles. The Kier molecular flexibility index (Phi) is 3.35. The number of benzene rings is 1. The maximum Gasteiger partial charge on any atom is 0.140 e. The fourth-order valence-corrected chi connectivity index (χ4v) is 1.80. The summed E-state index contributed by atoms with van der Waals surface area (Å²) >= 11 is 1.52. The highest BCUT2D eigenvalue weighted by atomic mass is 32.1. The maximum absolute atomic E-state index is 12.6. The quantitative estimate of drug-likeness (QED) is 0.749. The van der Waals surface area contributed by atoms with Gasteiger partial charge >= 0.3 is 0 Å². The molecule has 0 spiro atoms. The maximum atomic E-state index is 12.6. The first-order valence-electron chi connectivity index (χ1n) is 4.74. The molecule has 3 heteroatoms. The molecule has 0 bridgehead atoms. The lowest BCUT2D eigenvalue weighted by Gasteiger charge is -2.02. The molecule has 1 aromatic heterocycles. The number of thiophene rings is 1. The van der Waals surface area contributed by atoms with Crippen molar-refractivity contribution in [2.75, 3.05) is 0 Å². The molecule has 0 aliphatic carbocycles. The van der Waals surface area contributed by atoms with Crippen LogP contribution in [0, 0.1) is 17.7 Å². The largest absolute Gasteiger partial charge is 0.376 e. The summed E-state index contributed by atoms with van der Waals surface area (Å²) < 4.78 is 12.6. The summed E-state index contributed by atoms with van der Waals surface area (Å²) in [5.74, 6) is 5.26. The zero-order chi connectivity index (χ0) is 11.4. The van der Waals surface area contributed by atoms with Gasteiger partial charge in [0, 0.05) is 0 Å². The molecule has 80 valence electrons. The fraction of sp³-hybridized carbons (Fsp3) is 0.0769. The third-order valence-corrected chi connectivity index (χ3v) is 2.82. The van der Waals surface area contributed by atoms with Crippen molar-refractivity contribution in [2.45, 2.75) is 6.10 Å². The smallest absolute Gasteiger partial charge is 0.140 e. The Morgan fingerprint density at radius 3 is 2.56 bits per heavy atom. The predicted molar refractivity (Wildman–Crippen MR) is 62.6 cm³/mol. The van der Waals surface area contributed by atoms with Gasteiger partial charge in [0.1, 0.15) is 11.9 Å². The Morgan fingerprint density at radius 2 is 1.94 bits per heavy atom. The van der Waals surface area contributed by atoms with Crippen LogP contribution < -0.4 is 0 Å². The Morgan fingerprint density at radius 1 is 1.19 bits per heavy atom. The van der Waals surface area contributed by atoms with E-state index in [-0.39, 0.29) is 5.82 Å². The van der Waals surface area contributed by atoms with E-state index in [4.69, 9.17) is 0 Å². The van der Waals surface area contributed by atoms with Crippen LogP contribution in [0.25, 0.3) is 0 Å². The van der Waals surface area contributed by atoms with Crippen LogP contribution in [0.15, 0.2) is 41.8 Å². The van der Waals surface area contributed by atoms with Crippen LogP contribution in [-0.2, 0) is 0 Å². The highest BCUT2D eigenvalue weighted by Gasteiger charge is 2.02. The monoisotopic (exact) mass is 232 g/mol. The lowest BCUT2D eigenvalue weighted by molar-refractivity contribution is 0.238. The zero-order valence-electron chi connectivity index (χ0n) is 8.35. The van der Waals surface area contributed by atoms with Gasteiger partial charge in [0.25, 0.3) is 0 Å². The number of hydrogen-bond donors (Lipinski definition) is 1. The van der Waals surface area contributed by atoms with Crippen molar-refractivity contribution in [3.63, 3.8) is 0 Å². The van der Waals surface area contributed by atoms with Gasteiger partial charge in [-0.05, 0) is 29.1 Å². The van der Waals surface area contributed by atoms with Gasteiger partial charge in [-0.2, -0.15) is 0 Å². The van der Waals surface area contributed by atoms with Crippen LogP contribution in [0.3, 0.4) is 0 Å². The van der Waals surface area contributed by atoms with Crippen molar-refractivity contribution in [1.29, 1.82) is 0 Å². The summed E-state index contributed by atoms with van der Waals surface area (Å²) in [6.45, 7) is 0. The van der Waals surface area contributed by atoms with E-state index in [1.54, 1.807) is 0 Å². The normalized spacial score (nSPS) is 11.6. The third kappa shape index (κ3) is 2.69. The first kappa shape index (κ1) is 10.9. The van der Waals surface area contributed by atoms with Gasteiger partial charge in [-0.3, -0.25) is 0 Å². The lowest BCUT2D eigenvalue weighted by atomic mass is 10.1. The summed E-state index contributed by atoms with van der Waals surface area (Å²) in [7, 11) is 0. The van der Waals surface area contributed by atoms with E-state index in [9.17, 15) is 9.50 Å². The molecule has 0 saturated heterocycles. The molecule has 1 nitrogen and oxygen atoms in total. The van der Waals surface area contributed by atoms with Gasteiger partial charge in [0.05, 0.1) is 4.88 Å². The molecule has 1 heterocycles. The summed E-state index contributed by atoms with van der Waals surface area (Å²) in [6, 6.07) is 9.47. The van der Waals surface area contributed by atoms with E-state index < -0.39 is 6.10 Å². The molecule has 1 unspecified atom stereocenters. The molecule has 2 aromatic rings. The van der Waals surface area contributed by atoms with E-state index in [2.05, 4.69) is 11.8 Å². The average Bonchev–Trinajstić information content (AvgIpc) is 2.80.